The Kier molecular flexibility index (Phi) is 6.40. The monoisotopic (exact) mass is 525 g/mol. The highest BCUT2D eigenvalue weighted by molar-refractivity contribution is 7.89. The van der Waals surface area contributed by atoms with Gasteiger partial charge in [-0.05, 0) is 60.9 Å². The van der Waals surface area contributed by atoms with E-state index in [2.05, 4.69) is 33.8 Å². The molecule has 3 aromatic rings. The Bertz CT molecular complexity index is 1440. The molecule has 188 valence electrons. The summed E-state index contributed by atoms with van der Waals surface area (Å²) in [6.07, 6.45) is 3.94. The van der Waals surface area contributed by atoms with Crippen molar-refractivity contribution in [1.82, 2.24) is 9.88 Å². The van der Waals surface area contributed by atoms with E-state index in [0.29, 0.717) is 18.8 Å². The number of aromatic nitrogens is 1. The Labute approximate surface area is 215 Å². The molecule has 1 aromatic heterocycles. The quantitative estimate of drug-likeness (QED) is 0.467. The molecule has 0 radical (unpaired) electrons. The van der Waals surface area contributed by atoms with Gasteiger partial charge < -0.3 is 15.5 Å². The number of hydrogen-bond donors (Lipinski definition) is 3. The van der Waals surface area contributed by atoms with E-state index in [0.717, 1.165) is 31.4 Å². The van der Waals surface area contributed by atoms with Gasteiger partial charge in [-0.25, -0.2) is 18.5 Å². The molecule has 3 heterocycles. The molecule has 0 unspecified atom stereocenters. The molecular formula is C26H28ClN5O3S. The molecule has 8 nitrogen and oxygen atoms in total. The van der Waals surface area contributed by atoms with Gasteiger partial charge >= 0.3 is 0 Å². The molecule has 2 aliphatic rings. The summed E-state index contributed by atoms with van der Waals surface area (Å²) in [5, 5.41) is 11.3. The van der Waals surface area contributed by atoms with Gasteiger partial charge in [-0.2, -0.15) is 0 Å². The summed E-state index contributed by atoms with van der Waals surface area (Å²) in [6.45, 7) is 3.98. The van der Waals surface area contributed by atoms with Crippen molar-refractivity contribution in [3.8, 4) is 0 Å². The number of pyridine rings is 1. The number of benzene rings is 2. The van der Waals surface area contributed by atoms with Crippen molar-refractivity contribution in [2.45, 2.75) is 31.2 Å². The molecule has 0 bridgehead atoms. The zero-order valence-electron chi connectivity index (χ0n) is 19.9. The molecule has 10 heteroatoms. The molecule has 1 saturated heterocycles. The number of likely N-dealkylation sites (tertiary alicyclic amines) is 1. The number of sulfonamides is 1. The molecule has 1 spiro atoms. The normalized spacial score (nSPS) is 16.8. The minimum Gasteiger partial charge on any atom is -0.384 e. The maximum Gasteiger partial charge on any atom is 0.257 e. The zero-order valence-corrected chi connectivity index (χ0v) is 21.5. The van der Waals surface area contributed by atoms with Gasteiger partial charge in [0, 0.05) is 37.2 Å². The minimum absolute atomic E-state index is 0.0984. The number of carbonyl (C=O) groups excluding carboxylic acids is 1. The third kappa shape index (κ3) is 4.78. The van der Waals surface area contributed by atoms with Crippen molar-refractivity contribution in [3.05, 3.63) is 76.4 Å². The number of carbonyl (C=O) groups is 1. The average Bonchev–Trinajstić information content (AvgIpc) is 2.84. The molecule has 1 amide bonds. The highest BCUT2D eigenvalue weighted by Gasteiger charge is 2.39. The van der Waals surface area contributed by atoms with Gasteiger partial charge in [0.15, 0.2) is 5.03 Å². The van der Waals surface area contributed by atoms with Crippen LogP contribution in [0.3, 0.4) is 0 Å². The van der Waals surface area contributed by atoms with Crippen LogP contribution in [0, 0.1) is 12.3 Å². The summed E-state index contributed by atoms with van der Waals surface area (Å²) in [4.78, 5) is 19.4. The van der Waals surface area contributed by atoms with E-state index >= 15 is 0 Å². The fourth-order valence-electron chi connectivity index (χ4n) is 5.12. The fraction of sp³-hybridized carbons (Fsp3) is 0.308. The van der Waals surface area contributed by atoms with Crippen molar-refractivity contribution in [2.24, 2.45) is 10.6 Å². The fourth-order valence-corrected chi connectivity index (χ4v) is 6.20. The lowest BCUT2D eigenvalue weighted by molar-refractivity contribution is 0.0593. The number of amides is 1. The van der Waals surface area contributed by atoms with Crippen molar-refractivity contribution < 1.29 is 13.2 Å². The van der Waals surface area contributed by atoms with Crippen LogP contribution < -0.4 is 15.8 Å². The molecule has 0 aliphatic carbocycles. The Morgan fingerprint density at radius 1 is 1.17 bits per heavy atom. The third-order valence-electron chi connectivity index (χ3n) is 7.12. The summed E-state index contributed by atoms with van der Waals surface area (Å²) < 4.78 is 24.1. The van der Waals surface area contributed by atoms with Crippen LogP contribution in [-0.2, 0) is 16.4 Å². The van der Waals surface area contributed by atoms with Gasteiger partial charge in [0.25, 0.3) is 15.9 Å². The van der Waals surface area contributed by atoms with E-state index in [-0.39, 0.29) is 27.6 Å². The summed E-state index contributed by atoms with van der Waals surface area (Å²) in [5.41, 5.74) is 4.64. The van der Waals surface area contributed by atoms with Crippen molar-refractivity contribution in [1.29, 1.82) is 0 Å². The van der Waals surface area contributed by atoms with Gasteiger partial charge in [0.05, 0.1) is 11.3 Å². The van der Waals surface area contributed by atoms with E-state index in [4.69, 9.17) is 16.7 Å². The van der Waals surface area contributed by atoms with Crippen LogP contribution in [0.25, 0.3) is 0 Å². The van der Waals surface area contributed by atoms with E-state index in [1.165, 1.54) is 17.4 Å². The first kappa shape index (κ1) is 24.5. The predicted octanol–water partition coefficient (Wildman–Crippen LogP) is 4.33. The summed E-state index contributed by atoms with van der Waals surface area (Å²) >= 11 is 6.47. The second-order valence-corrected chi connectivity index (χ2v) is 11.5. The number of para-hydroxylation sites is 1. The van der Waals surface area contributed by atoms with Crippen LogP contribution in [0.5, 0.6) is 0 Å². The van der Waals surface area contributed by atoms with Gasteiger partial charge in [0.2, 0.25) is 0 Å². The number of primary sulfonamides is 1. The van der Waals surface area contributed by atoms with E-state index in [1.807, 2.05) is 37.3 Å². The van der Waals surface area contributed by atoms with Crippen LogP contribution in [0.15, 0.2) is 59.8 Å². The first-order valence-electron chi connectivity index (χ1n) is 11.8. The Hall–Kier alpha value is -3.14. The van der Waals surface area contributed by atoms with Crippen molar-refractivity contribution in [3.63, 3.8) is 0 Å². The van der Waals surface area contributed by atoms with Crippen LogP contribution in [-0.4, -0.2) is 43.8 Å². The maximum absolute atomic E-state index is 13.7. The number of piperidine rings is 1. The lowest BCUT2D eigenvalue weighted by atomic mass is 9.71. The van der Waals surface area contributed by atoms with Crippen LogP contribution in [0.2, 0.25) is 5.02 Å². The highest BCUT2D eigenvalue weighted by Crippen LogP contribution is 2.41. The lowest BCUT2D eigenvalue weighted by Gasteiger charge is -2.45. The second-order valence-electron chi connectivity index (χ2n) is 9.69. The van der Waals surface area contributed by atoms with Gasteiger partial charge in [-0.1, -0.05) is 41.9 Å². The number of nitrogens with two attached hydrogens (primary N) is 1. The molecule has 5 rings (SSSR count). The number of hydrogen-bond acceptors (Lipinski definition) is 6. The predicted molar refractivity (Wildman–Crippen MR) is 141 cm³/mol. The van der Waals surface area contributed by atoms with Crippen LogP contribution in [0.4, 0.5) is 17.1 Å². The molecule has 0 atom stereocenters. The molecular weight excluding hydrogens is 498 g/mol. The summed E-state index contributed by atoms with van der Waals surface area (Å²) in [6, 6.07) is 15.8. The SMILES string of the molecule is Cc1cccc(Nc2c(C(=O)N3CCC4(CC3)CNc3ccccc3C4)cnc(S(N)(=O)=O)c2Cl)c1. The Balaban J connectivity index is 1.41. The summed E-state index contributed by atoms with van der Waals surface area (Å²) in [5.74, 6) is -0.250. The zero-order chi connectivity index (χ0) is 25.5. The van der Waals surface area contributed by atoms with Gasteiger partial charge in [0.1, 0.15) is 5.02 Å². The van der Waals surface area contributed by atoms with Crippen molar-refractivity contribution in [2.75, 3.05) is 30.3 Å². The second kappa shape index (κ2) is 9.38. The van der Waals surface area contributed by atoms with E-state index in [1.54, 1.807) is 4.90 Å². The Morgan fingerprint density at radius 3 is 2.64 bits per heavy atom. The van der Waals surface area contributed by atoms with E-state index < -0.39 is 15.0 Å². The molecule has 4 N–H and O–H groups in total. The molecule has 0 saturated carbocycles. The first-order valence-corrected chi connectivity index (χ1v) is 13.7. The largest absolute Gasteiger partial charge is 0.384 e. The van der Waals surface area contributed by atoms with Crippen LogP contribution in [0.1, 0.15) is 34.3 Å². The molecule has 2 aliphatic heterocycles. The highest BCUT2D eigenvalue weighted by atomic mass is 35.5. The van der Waals surface area contributed by atoms with Crippen LogP contribution >= 0.6 is 11.6 Å². The molecule has 2 aromatic carbocycles. The number of halogens is 1. The number of anilines is 3. The maximum atomic E-state index is 13.7. The van der Waals surface area contributed by atoms with Crippen molar-refractivity contribution >= 4 is 44.6 Å². The third-order valence-corrected chi connectivity index (χ3v) is 8.45. The molecule has 1 fully saturated rings. The standard InChI is InChI=1S/C26H28ClN5O3S/c1-17-5-4-7-19(13-17)31-23-20(15-29-24(22(23)27)36(28,34)35)25(33)32-11-9-26(10-12-32)14-18-6-2-3-8-21(18)30-16-26/h2-8,13,15,30H,9-12,14,16H2,1H3,(H,29,31)(H2,28,34,35). The van der Waals surface area contributed by atoms with Gasteiger partial charge in [-0.3, -0.25) is 4.79 Å². The lowest BCUT2D eigenvalue weighted by Crippen LogP contribution is -2.48. The summed E-state index contributed by atoms with van der Waals surface area (Å²) in [7, 11) is -4.18. The first-order chi connectivity index (χ1) is 17.2. The minimum atomic E-state index is -4.18. The average molecular weight is 526 g/mol. The number of aryl methyl sites for hydroxylation is 1. The number of fused-ring (bicyclic) bond motifs is 1. The Morgan fingerprint density at radius 2 is 1.92 bits per heavy atom. The number of rotatable bonds is 4. The van der Waals surface area contributed by atoms with Gasteiger partial charge in [-0.15, -0.1) is 0 Å². The smallest absolute Gasteiger partial charge is 0.257 e. The molecule has 36 heavy (non-hydrogen) atoms. The number of nitrogens with one attached hydrogen (secondary N) is 2. The van der Waals surface area contributed by atoms with E-state index in [9.17, 15) is 13.2 Å². The number of nitrogens with zero attached hydrogens (tertiary/aromatic N) is 2. The topological polar surface area (TPSA) is 117 Å².